The molecule has 1 saturated heterocycles. The van der Waals surface area contributed by atoms with Crippen LogP contribution in [0.4, 0.5) is 0 Å². The van der Waals surface area contributed by atoms with E-state index in [1.54, 1.807) is 23.1 Å². The van der Waals surface area contributed by atoms with Crippen LogP contribution in [0.15, 0.2) is 78.4 Å². The van der Waals surface area contributed by atoms with Crippen LogP contribution in [0, 0.1) is 0 Å². The number of carbonyl (C=O) groups excluding carboxylic acids is 2. The molecule has 1 fully saturated rings. The SMILES string of the molecule is CN(C)CCCN1C(=O)C(=O)/C(=C(\O)c2ccc3c(c2)OCCO3)C1c1cccc(OCc2ccccc2)c1. The summed E-state index contributed by atoms with van der Waals surface area (Å²) in [4.78, 5) is 30.2. The molecule has 1 unspecified atom stereocenters. The van der Waals surface area contributed by atoms with Crippen molar-refractivity contribution in [1.29, 1.82) is 0 Å². The number of aliphatic hydroxyl groups is 1. The van der Waals surface area contributed by atoms with Crippen molar-refractivity contribution in [3.63, 3.8) is 0 Å². The molecule has 39 heavy (non-hydrogen) atoms. The van der Waals surface area contributed by atoms with Crippen molar-refractivity contribution in [2.75, 3.05) is 40.4 Å². The fraction of sp³-hybridized carbons (Fsp3) is 0.290. The molecule has 3 aromatic rings. The monoisotopic (exact) mass is 528 g/mol. The van der Waals surface area contributed by atoms with Gasteiger partial charge in [0, 0.05) is 12.1 Å². The average Bonchev–Trinajstić information content (AvgIpc) is 3.21. The third-order valence-corrected chi connectivity index (χ3v) is 6.78. The van der Waals surface area contributed by atoms with E-state index >= 15 is 0 Å². The van der Waals surface area contributed by atoms with Crippen LogP contribution >= 0.6 is 0 Å². The second-order valence-electron chi connectivity index (χ2n) is 9.85. The van der Waals surface area contributed by atoms with Crippen LogP contribution in [0.1, 0.15) is 29.2 Å². The number of Topliss-reactive ketones (excluding diaryl/α,β-unsaturated/α-hetero) is 1. The second-order valence-corrected chi connectivity index (χ2v) is 9.85. The Bertz CT molecular complexity index is 1380. The molecule has 1 atom stereocenters. The molecule has 3 aromatic carbocycles. The molecule has 5 rings (SSSR count). The number of likely N-dealkylation sites (tertiary alicyclic amines) is 1. The Balaban J connectivity index is 1.52. The number of hydrogen-bond acceptors (Lipinski definition) is 7. The number of ketones is 1. The van der Waals surface area contributed by atoms with E-state index in [-0.39, 0.29) is 11.3 Å². The van der Waals surface area contributed by atoms with Crippen LogP contribution in [0.3, 0.4) is 0 Å². The normalized spacial score (nSPS) is 18.0. The Morgan fingerprint density at radius 1 is 0.974 bits per heavy atom. The van der Waals surface area contributed by atoms with Crippen molar-refractivity contribution >= 4 is 17.4 Å². The number of rotatable bonds is 9. The van der Waals surface area contributed by atoms with Crippen molar-refractivity contribution in [3.05, 3.63) is 95.1 Å². The molecular formula is C31H32N2O6. The molecule has 0 spiro atoms. The maximum absolute atomic E-state index is 13.4. The predicted octanol–water partition coefficient (Wildman–Crippen LogP) is 4.41. The summed E-state index contributed by atoms with van der Waals surface area (Å²) in [5, 5.41) is 11.4. The molecule has 202 valence electrons. The Morgan fingerprint density at radius 2 is 1.74 bits per heavy atom. The van der Waals surface area contributed by atoms with Crippen molar-refractivity contribution in [3.8, 4) is 17.2 Å². The predicted molar refractivity (Wildman–Crippen MR) is 147 cm³/mol. The lowest BCUT2D eigenvalue weighted by Gasteiger charge is -2.26. The van der Waals surface area contributed by atoms with Crippen molar-refractivity contribution in [2.45, 2.75) is 19.1 Å². The van der Waals surface area contributed by atoms with Gasteiger partial charge in [0.2, 0.25) is 0 Å². The van der Waals surface area contributed by atoms with Gasteiger partial charge in [-0.15, -0.1) is 0 Å². The van der Waals surface area contributed by atoms with Crippen LogP contribution < -0.4 is 14.2 Å². The molecule has 1 N–H and O–H groups in total. The van der Waals surface area contributed by atoms with E-state index < -0.39 is 17.7 Å². The molecule has 0 aromatic heterocycles. The standard InChI is InChI=1S/C31H32N2O6/c1-32(2)14-7-15-33-28(22-10-6-11-24(18-22)39-20-21-8-4-3-5-9-21)27(30(35)31(33)36)29(34)23-12-13-25-26(19-23)38-17-16-37-25/h3-6,8-13,18-19,28,34H,7,14-17,20H2,1-2H3/b29-27-. The molecule has 2 aliphatic rings. The zero-order chi connectivity index (χ0) is 27.4. The van der Waals surface area contributed by atoms with Gasteiger partial charge in [0.1, 0.15) is 31.3 Å². The van der Waals surface area contributed by atoms with E-state index in [9.17, 15) is 14.7 Å². The highest BCUT2D eigenvalue weighted by Crippen LogP contribution is 2.41. The van der Waals surface area contributed by atoms with Crippen molar-refractivity contribution < 1.29 is 28.9 Å². The zero-order valence-corrected chi connectivity index (χ0v) is 22.1. The van der Waals surface area contributed by atoms with Crippen LogP contribution in [-0.4, -0.2) is 67.0 Å². The largest absolute Gasteiger partial charge is 0.507 e. The first kappa shape index (κ1) is 26.3. The Kier molecular flexibility index (Phi) is 7.84. The Hall–Kier alpha value is -4.30. The third-order valence-electron chi connectivity index (χ3n) is 6.78. The molecule has 0 radical (unpaired) electrons. The van der Waals surface area contributed by atoms with Crippen molar-refractivity contribution in [1.82, 2.24) is 9.80 Å². The van der Waals surface area contributed by atoms with Gasteiger partial charge >= 0.3 is 0 Å². The summed E-state index contributed by atoms with van der Waals surface area (Å²) < 4.78 is 17.3. The summed E-state index contributed by atoms with van der Waals surface area (Å²) in [5.41, 5.74) is 2.13. The lowest BCUT2D eigenvalue weighted by atomic mass is 9.95. The Labute approximate surface area is 228 Å². The Morgan fingerprint density at radius 3 is 2.51 bits per heavy atom. The number of carbonyl (C=O) groups is 2. The lowest BCUT2D eigenvalue weighted by molar-refractivity contribution is -0.139. The summed E-state index contributed by atoms with van der Waals surface area (Å²) in [7, 11) is 3.92. The molecular weight excluding hydrogens is 496 g/mol. The maximum atomic E-state index is 13.4. The molecule has 0 bridgehead atoms. The summed E-state index contributed by atoms with van der Waals surface area (Å²) in [6.07, 6.45) is 0.671. The summed E-state index contributed by atoms with van der Waals surface area (Å²) in [6, 6.07) is 21.4. The van der Waals surface area contributed by atoms with Gasteiger partial charge in [-0.2, -0.15) is 0 Å². The first-order valence-corrected chi connectivity index (χ1v) is 13.0. The number of amides is 1. The fourth-order valence-corrected chi connectivity index (χ4v) is 4.88. The smallest absolute Gasteiger partial charge is 0.295 e. The molecule has 0 aliphatic carbocycles. The van der Waals surface area contributed by atoms with E-state index in [0.717, 1.165) is 12.1 Å². The summed E-state index contributed by atoms with van der Waals surface area (Å²) in [6.45, 7) is 2.32. The first-order chi connectivity index (χ1) is 18.9. The number of hydrogen-bond donors (Lipinski definition) is 1. The molecule has 0 saturated carbocycles. The zero-order valence-electron chi connectivity index (χ0n) is 22.1. The number of ether oxygens (including phenoxy) is 3. The summed E-state index contributed by atoms with van der Waals surface area (Å²) in [5.74, 6) is 0.0667. The van der Waals surface area contributed by atoms with Crippen LogP contribution in [-0.2, 0) is 16.2 Å². The van der Waals surface area contributed by atoms with Crippen LogP contribution in [0.25, 0.3) is 5.76 Å². The second kappa shape index (κ2) is 11.6. The number of nitrogens with zero attached hydrogens (tertiary/aromatic N) is 2. The van der Waals surface area contributed by atoms with Gasteiger partial charge in [-0.05, 0) is 68.5 Å². The fourth-order valence-electron chi connectivity index (χ4n) is 4.88. The molecule has 1 amide bonds. The van der Waals surface area contributed by atoms with Crippen LogP contribution in [0.2, 0.25) is 0 Å². The molecule has 2 heterocycles. The first-order valence-electron chi connectivity index (χ1n) is 13.0. The van der Waals surface area contributed by atoms with Gasteiger partial charge in [0.25, 0.3) is 11.7 Å². The van der Waals surface area contributed by atoms with Gasteiger partial charge in [0.15, 0.2) is 11.5 Å². The minimum absolute atomic E-state index is 0.0433. The number of fused-ring (bicyclic) bond motifs is 1. The number of aliphatic hydroxyl groups excluding tert-OH is 1. The van der Waals surface area contributed by atoms with Crippen molar-refractivity contribution in [2.24, 2.45) is 0 Å². The van der Waals surface area contributed by atoms with Gasteiger partial charge in [-0.3, -0.25) is 9.59 Å². The van der Waals surface area contributed by atoms with Gasteiger partial charge in [-0.1, -0.05) is 42.5 Å². The quantitative estimate of drug-likeness (QED) is 0.250. The third kappa shape index (κ3) is 5.76. The number of benzene rings is 3. The summed E-state index contributed by atoms with van der Waals surface area (Å²) >= 11 is 0. The van der Waals surface area contributed by atoms with E-state index in [1.807, 2.05) is 73.6 Å². The highest BCUT2D eigenvalue weighted by Gasteiger charge is 2.46. The molecule has 2 aliphatic heterocycles. The van der Waals surface area contributed by atoms with E-state index in [1.165, 1.54) is 0 Å². The topological polar surface area (TPSA) is 88.5 Å². The highest BCUT2D eigenvalue weighted by atomic mass is 16.6. The van der Waals surface area contributed by atoms with E-state index in [4.69, 9.17) is 14.2 Å². The van der Waals surface area contributed by atoms with E-state index in [0.29, 0.717) is 61.2 Å². The van der Waals surface area contributed by atoms with Gasteiger partial charge in [0.05, 0.1) is 11.6 Å². The van der Waals surface area contributed by atoms with Gasteiger partial charge in [-0.25, -0.2) is 0 Å². The average molecular weight is 529 g/mol. The highest BCUT2D eigenvalue weighted by molar-refractivity contribution is 6.46. The lowest BCUT2D eigenvalue weighted by Crippen LogP contribution is -2.32. The van der Waals surface area contributed by atoms with Crippen LogP contribution in [0.5, 0.6) is 17.2 Å². The molecule has 8 nitrogen and oxygen atoms in total. The minimum Gasteiger partial charge on any atom is -0.507 e. The maximum Gasteiger partial charge on any atom is 0.295 e. The van der Waals surface area contributed by atoms with Gasteiger partial charge < -0.3 is 29.1 Å². The molecule has 8 heteroatoms. The van der Waals surface area contributed by atoms with E-state index in [2.05, 4.69) is 0 Å². The minimum atomic E-state index is -0.763.